The maximum Gasteiger partial charge on any atom is 0.00170 e. The Balaban J connectivity index is 2.12. The highest BCUT2D eigenvalue weighted by Crippen LogP contribution is 2.24. The topological polar surface area (TPSA) is 12.0 Å². The van der Waals surface area contributed by atoms with Crippen LogP contribution in [0, 0.1) is 5.92 Å². The summed E-state index contributed by atoms with van der Waals surface area (Å²) in [4.78, 5) is 0. The van der Waals surface area contributed by atoms with Crippen LogP contribution in [0.4, 0.5) is 0 Å². The number of benzene rings is 1. The monoisotopic (exact) mass is 215 g/mol. The van der Waals surface area contributed by atoms with Crippen LogP contribution in [0.2, 0.25) is 0 Å². The summed E-state index contributed by atoms with van der Waals surface area (Å²) in [7, 11) is 0. The third-order valence-corrected chi connectivity index (χ3v) is 3.38. The molecule has 0 aliphatic carbocycles. The Morgan fingerprint density at radius 1 is 1.38 bits per heavy atom. The first kappa shape index (κ1) is 11.4. The van der Waals surface area contributed by atoms with Crippen LogP contribution in [0.25, 0.3) is 6.08 Å². The average molecular weight is 215 g/mol. The molecule has 1 aliphatic heterocycles. The van der Waals surface area contributed by atoms with Gasteiger partial charge in [-0.1, -0.05) is 48.9 Å². The summed E-state index contributed by atoms with van der Waals surface area (Å²) in [5, 5.41) is 3.49. The van der Waals surface area contributed by atoms with E-state index in [-0.39, 0.29) is 0 Å². The summed E-state index contributed by atoms with van der Waals surface area (Å²) >= 11 is 0. The highest BCUT2D eigenvalue weighted by Gasteiger charge is 2.15. The summed E-state index contributed by atoms with van der Waals surface area (Å²) in [6, 6.07) is 10.7. The number of piperidine rings is 1. The molecule has 0 radical (unpaired) electrons. The number of hydrogen-bond acceptors (Lipinski definition) is 1. The summed E-state index contributed by atoms with van der Waals surface area (Å²) in [5.74, 6) is 0.749. The molecule has 1 aromatic rings. The molecule has 0 aromatic heterocycles. The molecule has 0 bridgehead atoms. The minimum atomic E-state index is 0.749. The lowest BCUT2D eigenvalue weighted by atomic mass is 9.88. The van der Waals surface area contributed by atoms with Gasteiger partial charge in [-0.25, -0.2) is 0 Å². The molecule has 2 rings (SSSR count). The summed E-state index contributed by atoms with van der Waals surface area (Å²) in [6.45, 7) is 4.62. The van der Waals surface area contributed by atoms with Crippen molar-refractivity contribution in [3.05, 3.63) is 41.5 Å². The smallest absolute Gasteiger partial charge is 0.00170 e. The van der Waals surface area contributed by atoms with Crippen LogP contribution in [0.15, 0.2) is 35.9 Å². The third kappa shape index (κ3) is 2.96. The Morgan fingerprint density at radius 2 is 2.19 bits per heavy atom. The molecule has 1 heterocycles. The molecule has 1 aliphatic rings. The molecule has 1 unspecified atom stereocenters. The third-order valence-electron chi connectivity index (χ3n) is 3.38. The van der Waals surface area contributed by atoms with E-state index in [1.807, 2.05) is 0 Å². The number of rotatable bonds is 3. The van der Waals surface area contributed by atoms with Crippen molar-refractivity contribution in [2.24, 2.45) is 5.92 Å². The van der Waals surface area contributed by atoms with Crippen LogP contribution < -0.4 is 5.32 Å². The van der Waals surface area contributed by atoms with Crippen molar-refractivity contribution < 1.29 is 0 Å². The van der Waals surface area contributed by atoms with Crippen LogP contribution in [-0.2, 0) is 0 Å². The van der Waals surface area contributed by atoms with E-state index in [9.17, 15) is 0 Å². The van der Waals surface area contributed by atoms with E-state index in [4.69, 9.17) is 0 Å². The lowest BCUT2D eigenvalue weighted by molar-refractivity contribution is 0.417. The summed E-state index contributed by atoms with van der Waals surface area (Å²) in [6.07, 6.45) is 6.20. The van der Waals surface area contributed by atoms with Crippen LogP contribution in [0.3, 0.4) is 0 Å². The first-order valence-corrected chi connectivity index (χ1v) is 6.36. The average Bonchev–Trinajstić information content (AvgIpc) is 2.38. The largest absolute Gasteiger partial charge is 0.316 e. The van der Waals surface area contributed by atoms with E-state index >= 15 is 0 Å². The zero-order valence-corrected chi connectivity index (χ0v) is 10.1. The molecule has 1 saturated heterocycles. The van der Waals surface area contributed by atoms with Crippen molar-refractivity contribution in [3.63, 3.8) is 0 Å². The van der Waals surface area contributed by atoms with Crippen molar-refractivity contribution in [2.75, 3.05) is 13.1 Å². The lowest BCUT2D eigenvalue weighted by Gasteiger charge is -2.25. The quantitative estimate of drug-likeness (QED) is 0.814. The summed E-state index contributed by atoms with van der Waals surface area (Å²) < 4.78 is 0. The van der Waals surface area contributed by atoms with Crippen LogP contribution in [0.5, 0.6) is 0 Å². The minimum absolute atomic E-state index is 0.749. The van der Waals surface area contributed by atoms with Gasteiger partial charge in [0.15, 0.2) is 0 Å². The second-order valence-corrected chi connectivity index (χ2v) is 4.53. The van der Waals surface area contributed by atoms with Crippen LogP contribution in [0.1, 0.15) is 31.7 Å². The second-order valence-electron chi connectivity index (χ2n) is 4.53. The molecular formula is C15H21N. The molecule has 1 N–H and O–H groups in total. The fraction of sp³-hybridized carbons (Fsp3) is 0.467. The Kier molecular flexibility index (Phi) is 4.17. The van der Waals surface area contributed by atoms with Crippen LogP contribution in [-0.4, -0.2) is 13.1 Å². The standard InChI is InChI=1S/C15H21N/c1-2-14(15-9-6-10-16-12-15)11-13-7-4-3-5-8-13/h3-5,7-8,11,15-16H,2,6,9-10,12H2,1H3. The van der Waals surface area contributed by atoms with Gasteiger partial charge >= 0.3 is 0 Å². The van der Waals surface area contributed by atoms with Gasteiger partial charge in [-0.05, 0) is 37.3 Å². The van der Waals surface area contributed by atoms with Crippen molar-refractivity contribution in [3.8, 4) is 0 Å². The highest BCUT2D eigenvalue weighted by molar-refractivity contribution is 5.53. The minimum Gasteiger partial charge on any atom is -0.316 e. The van der Waals surface area contributed by atoms with E-state index in [1.54, 1.807) is 5.57 Å². The van der Waals surface area contributed by atoms with Gasteiger partial charge in [0, 0.05) is 6.54 Å². The maximum absolute atomic E-state index is 3.49. The zero-order valence-electron chi connectivity index (χ0n) is 10.1. The highest BCUT2D eigenvalue weighted by atomic mass is 14.9. The predicted molar refractivity (Wildman–Crippen MR) is 70.3 cm³/mol. The fourth-order valence-corrected chi connectivity index (χ4v) is 2.44. The normalized spacial score (nSPS) is 22.1. The lowest BCUT2D eigenvalue weighted by Crippen LogP contribution is -2.30. The molecule has 86 valence electrons. The molecule has 1 fully saturated rings. The fourth-order valence-electron chi connectivity index (χ4n) is 2.44. The second kappa shape index (κ2) is 5.86. The molecule has 0 spiro atoms. The molecule has 0 saturated carbocycles. The van der Waals surface area contributed by atoms with Gasteiger partial charge in [-0.3, -0.25) is 0 Å². The Bertz CT molecular complexity index is 334. The van der Waals surface area contributed by atoms with Crippen molar-refractivity contribution in [2.45, 2.75) is 26.2 Å². The molecule has 1 aromatic carbocycles. The molecule has 1 heteroatoms. The molecule has 1 atom stereocenters. The van der Waals surface area contributed by atoms with Gasteiger partial charge in [0.25, 0.3) is 0 Å². The maximum atomic E-state index is 3.49. The number of hydrogen-bond donors (Lipinski definition) is 1. The van der Waals surface area contributed by atoms with Gasteiger partial charge in [0.1, 0.15) is 0 Å². The van der Waals surface area contributed by atoms with Gasteiger partial charge in [0.05, 0.1) is 0 Å². The molecule has 0 amide bonds. The van der Waals surface area contributed by atoms with Crippen molar-refractivity contribution in [1.29, 1.82) is 0 Å². The van der Waals surface area contributed by atoms with Gasteiger partial charge in [0.2, 0.25) is 0 Å². The molecule has 1 nitrogen and oxygen atoms in total. The van der Waals surface area contributed by atoms with Crippen LogP contribution >= 0.6 is 0 Å². The Labute approximate surface area is 98.6 Å². The van der Waals surface area contributed by atoms with E-state index in [1.165, 1.54) is 31.4 Å². The van der Waals surface area contributed by atoms with Crippen molar-refractivity contribution >= 4 is 6.08 Å². The van der Waals surface area contributed by atoms with Crippen molar-refractivity contribution in [1.82, 2.24) is 5.32 Å². The van der Waals surface area contributed by atoms with E-state index < -0.39 is 0 Å². The SMILES string of the molecule is CCC(=Cc1ccccc1)C1CCCNC1. The van der Waals surface area contributed by atoms with Gasteiger partial charge < -0.3 is 5.32 Å². The molecule has 16 heavy (non-hydrogen) atoms. The van der Waals surface area contributed by atoms with E-state index in [0.717, 1.165) is 12.5 Å². The molecular weight excluding hydrogens is 194 g/mol. The zero-order chi connectivity index (χ0) is 11.2. The first-order valence-electron chi connectivity index (χ1n) is 6.36. The Morgan fingerprint density at radius 3 is 2.81 bits per heavy atom. The van der Waals surface area contributed by atoms with E-state index in [0.29, 0.717) is 0 Å². The Hall–Kier alpha value is -1.08. The van der Waals surface area contributed by atoms with Gasteiger partial charge in [-0.15, -0.1) is 0 Å². The first-order chi connectivity index (χ1) is 7.90. The van der Waals surface area contributed by atoms with Gasteiger partial charge in [-0.2, -0.15) is 0 Å². The predicted octanol–water partition coefficient (Wildman–Crippen LogP) is 3.48. The van der Waals surface area contributed by atoms with E-state index in [2.05, 4.69) is 48.6 Å². The summed E-state index contributed by atoms with van der Waals surface area (Å²) in [5.41, 5.74) is 2.93. The number of nitrogens with one attached hydrogen (secondary N) is 1.